The number of hydrogen-bond donors (Lipinski definition) is 0. The smallest absolute Gasteiger partial charge is 0.0474 e. The van der Waals surface area contributed by atoms with E-state index in [1.807, 2.05) is 0 Å². The molecule has 0 bridgehead atoms. The summed E-state index contributed by atoms with van der Waals surface area (Å²) in [6, 6.07) is 53.5. The second-order valence-electron chi connectivity index (χ2n) is 20.5. The molecule has 0 saturated heterocycles. The van der Waals surface area contributed by atoms with Gasteiger partial charge in [-0.2, -0.15) is 0 Å². The summed E-state index contributed by atoms with van der Waals surface area (Å²) in [7, 11) is 0. The number of benzene rings is 7. The first-order valence-electron chi connectivity index (χ1n) is 21.5. The molecule has 0 saturated carbocycles. The Kier molecular flexibility index (Phi) is 8.84. The summed E-state index contributed by atoms with van der Waals surface area (Å²) in [6.07, 6.45) is 0. The van der Waals surface area contributed by atoms with Gasteiger partial charge in [0.15, 0.2) is 0 Å². The minimum absolute atomic E-state index is 0.0893. The van der Waals surface area contributed by atoms with Gasteiger partial charge >= 0.3 is 0 Å². The van der Waals surface area contributed by atoms with E-state index >= 15 is 0 Å². The number of nitrogens with zero attached hydrogens (tertiary/aromatic N) is 1. The van der Waals surface area contributed by atoms with Crippen LogP contribution in [0.2, 0.25) is 0 Å². The average Bonchev–Trinajstić information content (AvgIpc) is 3.57. The Morgan fingerprint density at radius 3 is 1.19 bits per heavy atom. The number of anilines is 3. The van der Waals surface area contributed by atoms with E-state index in [0.717, 1.165) is 17.1 Å². The van der Waals surface area contributed by atoms with E-state index in [0.29, 0.717) is 0 Å². The largest absolute Gasteiger partial charge is 0.310 e. The number of para-hydroxylation sites is 1. The standard InChI is InChI=1S/C58H59N/c1-36-18-24-43(25-19-36)59(42-16-14-13-15-17-42)44-34-49(38-20-26-45-47-28-22-40(55(3,4)5)32-53(47)57(9,10)51(45)30-38)37(2)50(35-44)39-21-27-46-48-29-23-41(56(6,7)8)33-54(48)58(11,12)52(46)31-39/h13-35H,1-12H3. The molecule has 0 amide bonds. The molecule has 9 rings (SSSR count). The zero-order valence-corrected chi connectivity index (χ0v) is 37.2. The maximum absolute atomic E-state index is 2.50. The molecule has 7 aromatic rings. The van der Waals surface area contributed by atoms with Crippen molar-refractivity contribution in [1.82, 2.24) is 0 Å². The Balaban J connectivity index is 1.25. The van der Waals surface area contributed by atoms with Crippen LogP contribution in [-0.4, -0.2) is 0 Å². The minimum Gasteiger partial charge on any atom is -0.310 e. The van der Waals surface area contributed by atoms with Crippen molar-refractivity contribution in [2.75, 3.05) is 4.90 Å². The van der Waals surface area contributed by atoms with Crippen LogP contribution in [0.5, 0.6) is 0 Å². The number of fused-ring (bicyclic) bond motifs is 6. The molecular weight excluding hydrogens is 711 g/mol. The maximum atomic E-state index is 2.50. The third-order valence-electron chi connectivity index (χ3n) is 13.7. The predicted octanol–water partition coefficient (Wildman–Crippen LogP) is 16.3. The van der Waals surface area contributed by atoms with Gasteiger partial charge in [-0.15, -0.1) is 0 Å². The Morgan fingerprint density at radius 2 is 0.763 bits per heavy atom. The minimum atomic E-state index is -0.123. The first-order chi connectivity index (χ1) is 27.8. The van der Waals surface area contributed by atoms with E-state index < -0.39 is 0 Å². The normalized spacial score (nSPS) is 14.7. The maximum Gasteiger partial charge on any atom is 0.0474 e. The lowest BCUT2D eigenvalue weighted by atomic mass is 9.78. The molecule has 2 aliphatic rings. The fourth-order valence-electron chi connectivity index (χ4n) is 9.89. The lowest BCUT2D eigenvalue weighted by molar-refractivity contribution is 0.584. The molecule has 0 aliphatic heterocycles. The highest BCUT2D eigenvalue weighted by molar-refractivity contribution is 5.91. The van der Waals surface area contributed by atoms with E-state index in [9.17, 15) is 0 Å². The SMILES string of the molecule is Cc1ccc(N(c2ccccc2)c2cc(-c3ccc4c(c3)C(C)(C)c3cc(C(C)(C)C)ccc3-4)c(C)c(-c3ccc4c(c3)C(C)(C)c3cc(C(C)(C)C)ccc3-4)c2)cc1. The van der Waals surface area contributed by atoms with Crippen LogP contribution in [0.25, 0.3) is 44.5 Å². The first kappa shape index (κ1) is 38.8. The number of rotatable bonds is 5. The molecule has 296 valence electrons. The summed E-state index contributed by atoms with van der Waals surface area (Å²) in [6.45, 7) is 28.0. The van der Waals surface area contributed by atoms with Crippen LogP contribution in [0.15, 0.2) is 140 Å². The molecule has 59 heavy (non-hydrogen) atoms. The van der Waals surface area contributed by atoms with Gasteiger partial charge in [-0.3, -0.25) is 0 Å². The fourth-order valence-corrected chi connectivity index (χ4v) is 9.89. The van der Waals surface area contributed by atoms with Crippen molar-refractivity contribution < 1.29 is 0 Å². The molecule has 0 fully saturated rings. The molecule has 0 aromatic heterocycles. The Hall–Kier alpha value is -5.66. The molecular formula is C58H59N. The van der Waals surface area contributed by atoms with Gasteiger partial charge in [-0.1, -0.05) is 166 Å². The second kappa shape index (κ2) is 13.4. The summed E-state index contributed by atoms with van der Waals surface area (Å²) in [5, 5.41) is 0. The number of aryl methyl sites for hydroxylation is 1. The molecule has 1 nitrogen and oxygen atoms in total. The van der Waals surface area contributed by atoms with E-state index in [1.165, 1.54) is 89.0 Å². The number of hydrogen-bond acceptors (Lipinski definition) is 1. The first-order valence-corrected chi connectivity index (χ1v) is 21.5. The predicted molar refractivity (Wildman–Crippen MR) is 254 cm³/mol. The zero-order valence-electron chi connectivity index (χ0n) is 37.2. The van der Waals surface area contributed by atoms with Crippen LogP contribution < -0.4 is 4.90 Å². The summed E-state index contributed by atoms with van der Waals surface area (Å²) in [5.41, 5.74) is 24.8. The summed E-state index contributed by atoms with van der Waals surface area (Å²) < 4.78 is 0. The summed E-state index contributed by atoms with van der Waals surface area (Å²) in [4.78, 5) is 2.42. The lowest BCUT2D eigenvalue weighted by Gasteiger charge is -2.28. The van der Waals surface area contributed by atoms with Crippen LogP contribution in [0.3, 0.4) is 0 Å². The Labute approximate surface area is 353 Å². The highest BCUT2D eigenvalue weighted by atomic mass is 15.1. The van der Waals surface area contributed by atoms with Crippen molar-refractivity contribution in [2.24, 2.45) is 0 Å². The van der Waals surface area contributed by atoms with E-state index in [4.69, 9.17) is 0 Å². The van der Waals surface area contributed by atoms with Crippen molar-refractivity contribution >= 4 is 17.1 Å². The van der Waals surface area contributed by atoms with Gasteiger partial charge in [-0.05, 0) is 157 Å². The van der Waals surface area contributed by atoms with Gasteiger partial charge in [0.2, 0.25) is 0 Å². The second-order valence-corrected chi connectivity index (χ2v) is 20.5. The van der Waals surface area contributed by atoms with Crippen LogP contribution >= 0.6 is 0 Å². The van der Waals surface area contributed by atoms with E-state index in [1.54, 1.807) is 0 Å². The molecule has 7 aromatic carbocycles. The van der Waals surface area contributed by atoms with Gasteiger partial charge in [0, 0.05) is 27.9 Å². The van der Waals surface area contributed by atoms with Crippen LogP contribution in [0.4, 0.5) is 17.1 Å². The van der Waals surface area contributed by atoms with E-state index in [-0.39, 0.29) is 21.7 Å². The van der Waals surface area contributed by atoms with Gasteiger partial charge in [0.05, 0.1) is 0 Å². The quantitative estimate of drug-likeness (QED) is 0.169. The highest BCUT2D eigenvalue weighted by Crippen LogP contribution is 2.53. The van der Waals surface area contributed by atoms with Crippen molar-refractivity contribution in [1.29, 1.82) is 0 Å². The molecule has 0 unspecified atom stereocenters. The Morgan fingerprint density at radius 1 is 0.373 bits per heavy atom. The van der Waals surface area contributed by atoms with Gasteiger partial charge in [0.25, 0.3) is 0 Å². The van der Waals surface area contributed by atoms with Crippen molar-refractivity contribution in [3.05, 3.63) is 184 Å². The van der Waals surface area contributed by atoms with Gasteiger partial charge in [-0.25, -0.2) is 0 Å². The molecule has 0 radical (unpaired) electrons. The highest BCUT2D eigenvalue weighted by Gasteiger charge is 2.38. The molecule has 0 spiro atoms. The molecule has 2 aliphatic carbocycles. The van der Waals surface area contributed by atoms with Crippen LogP contribution in [0.1, 0.15) is 114 Å². The van der Waals surface area contributed by atoms with Crippen molar-refractivity contribution in [3.63, 3.8) is 0 Å². The van der Waals surface area contributed by atoms with Crippen molar-refractivity contribution in [3.8, 4) is 44.5 Å². The Bertz CT molecular complexity index is 2630. The van der Waals surface area contributed by atoms with Crippen molar-refractivity contribution in [2.45, 2.75) is 105 Å². The fraction of sp³-hybridized carbons (Fsp3) is 0.276. The monoisotopic (exact) mass is 769 g/mol. The zero-order chi connectivity index (χ0) is 41.8. The lowest BCUT2D eigenvalue weighted by Crippen LogP contribution is -2.17. The summed E-state index contributed by atoms with van der Waals surface area (Å²) in [5.74, 6) is 0. The topological polar surface area (TPSA) is 3.24 Å². The van der Waals surface area contributed by atoms with Crippen LogP contribution in [-0.2, 0) is 21.7 Å². The summed E-state index contributed by atoms with van der Waals surface area (Å²) >= 11 is 0. The van der Waals surface area contributed by atoms with Crippen LogP contribution in [0, 0.1) is 13.8 Å². The average molecular weight is 770 g/mol. The third kappa shape index (κ3) is 6.37. The molecule has 1 heteroatoms. The molecule has 0 heterocycles. The van der Waals surface area contributed by atoms with Gasteiger partial charge < -0.3 is 4.90 Å². The van der Waals surface area contributed by atoms with E-state index in [2.05, 4.69) is 228 Å². The molecule has 0 N–H and O–H groups in total. The third-order valence-corrected chi connectivity index (χ3v) is 13.7. The molecule has 0 atom stereocenters. The van der Waals surface area contributed by atoms with Gasteiger partial charge in [0.1, 0.15) is 0 Å².